The molecule has 0 unspecified atom stereocenters. The van der Waals surface area contributed by atoms with Crippen LogP contribution >= 0.6 is 0 Å². The second-order valence-corrected chi connectivity index (χ2v) is 8.12. The smallest absolute Gasteiger partial charge is 0.434 e. The zero-order valence-electron chi connectivity index (χ0n) is 17.8. The fraction of sp³-hybridized carbons (Fsp3) is 0.500. The van der Waals surface area contributed by atoms with Gasteiger partial charge in [0.15, 0.2) is 5.69 Å². The van der Waals surface area contributed by atoms with E-state index in [0.29, 0.717) is 23.3 Å². The Morgan fingerprint density at radius 1 is 1.09 bits per heavy atom. The predicted octanol–water partition coefficient (Wildman–Crippen LogP) is 3.24. The number of hydrogen-bond acceptors (Lipinski definition) is 5. The van der Waals surface area contributed by atoms with E-state index in [2.05, 4.69) is 10.00 Å². The minimum absolute atomic E-state index is 0.0487. The second-order valence-electron chi connectivity index (χ2n) is 8.12. The molecule has 0 atom stereocenters. The van der Waals surface area contributed by atoms with Gasteiger partial charge >= 0.3 is 12.1 Å². The number of carbonyl (C=O) groups excluding carboxylic acids is 2. The standard InChI is InChI=1S/C22H25F3N4O3/c1-2-32-21(31)18-13-26-29(19(18)22(23,24)25)17-7-5-16(6-8-17)20(30)28-11-9-27(10-12-28)14-15-3-4-15/h5-8,13,15H,2-4,9-12,14H2,1H3. The molecule has 4 rings (SSSR count). The number of esters is 1. The predicted molar refractivity (Wildman–Crippen MR) is 110 cm³/mol. The van der Waals surface area contributed by atoms with Crippen LogP contribution in [0.2, 0.25) is 0 Å². The van der Waals surface area contributed by atoms with Crippen LogP contribution in [0.1, 0.15) is 46.2 Å². The van der Waals surface area contributed by atoms with Crippen LogP contribution in [-0.2, 0) is 10.9 Å². The first-order valence-electron chi connectivity index (χ1n) is 10.7. The molecule has 1 amide bonds. The Bertz CT molecular complexity index is 975. The first-order valence-corrected chi connectivity index (χ1v) is 10.7. The van der Waals surface area contributed by atoms with Crippen molar-refractivity contribution in [1.82, 2.24) is 19.6 Å². The summed E-state index contributed by atoms with van der Waals surface area (Å²) in [5.74, 6) is -0.428. The lowest BCUT2D eigenvalue weighted by Gasteiger charge is -2.34. The van der Waals surface area contributed by atoms with Crippen LogP contribution in [0.4, 0.5) is 13.2 Å². The van der Waals surface area contributed by atoms with Crippen molar-refractivity contribution in [1.29, 1.82) is 0 Å². The van der Waals surface area contributed by atoms with E-state index < -0.39 is 23.4 Å². The molecule has 0 spiro atoms. The van der Waals surface area contributed by atoms with E-state index in [1.165, 1.54) is 44.0 Å². The summed E-state index contributed by atoms with van der Waals surface area (Å²) >= 11 is 0. The highest BCUT2D eigenvalue weighted by atomic mass is 19.4. The van der Waals surface area contributed by atoms with Gasteiger partial charge in [-0.05, 0) is 49.9 Å². The summed E-state index contributed by atoms with van der Waals surface area (Å²) in [7, 11) is 0. The van der Waals surface area contributed by atoms with E-state index in [4.69, 9.17) is 4.74 Å². The third-order valence-corrected chi connectivity index (χ3v) is 5.76. The monoisotopic (exact) mass is 450 g/mol. The van der Waals surface area contributed by atoms with Crippen molar-refractivity contribution >= 4 is 11.9 Å². The molecule has 2 fully saturated rings. The first kappa shape index (κ1) is 22.3. The van der Waals surface area contributed by atoms with Crippen molar-refractivity contribution in [2.75, 3.05) is 39.3 Å². The van der Waals surface area contributed by atoms with Gasteiger partial charge < -0.3 is 9.64 Å². The number of benzene rings is 1. The van der Waals surface area contributed by atoms with Crippen LogP contribution in [0.15, 0.2) is 30.5 Å². The summed E-state index contributed by atoms with van der Waals surface area (Å²) in [5.41, 5.74) is -1.36. The number of aromatic nitrogens is 2. The lowest BCUT2D eigenvalue weighted by Crippen LogP contribution is -2.49. The molecule has 7 nitrogen and oxygen atoms in total. The number of hydrogen-bond donors (Lipinski definition) is 0. The Labute approximate surface area is 183 Å². The maximum Gasteiger partial charge on any atom is 0.434 e. The first-order chi connectivity index (χ1) is 15.3. The Morgan fingerprint density at radius 2 is 1.75 bits per heavy atom. The van der Waals surface area contributed by atoms with Gasteiger partial charge in [-0.2, -0.15) is 18.3 Å². The van der Waals surface area contributed by atoms with E-state index >= 15 is 0 Å². The van der Waals surface area contributed by atoms with Crippen LogP contribution in [0.5, 0.6) is 0 Å². The van der Waals surface area contributed by atoms with Crippen molar-refractivity contribution in [2.45, 2.75) is 25.9 Å². The molecule has 1 aliphatic carbocycles. The molecule has 0 N–H and O–H groups in total. The Morgan fingerprint density at radius 3 is 2.31 bits per heavy atom. The average Bonchev–Trinajstić information content (AvgIpc) is 3.46. The summed E-state index contributed by atoms with van der Waals surface area (Å²) in [5, 5.41) is 3.75. The molecule has 2 aromatic rings. The molecule has 1 aliphatic heterocycles. The van der Waals surface area contributed by atoms with Gasteiger partial charge in [0.25, 0.3) is 5.91 Å². The summed E-state index contributed by atoms with van der Waals surface area (Å²) in [4.78, 5) is 28.9. The largest absolute Gasteiger partial charge is 0.462 e. The molecular weight excluding hydrogens is 425 g/mol. The van der Waals surface area contributed by atoms with Gasteiger partial charge in [-0.15, -0.1) is 0 Å². The molecule has 0 radical (unpaired) electrons. The average molecular weight is 450 g/mol. The van der Waals surface area contributed by atoms with E-state index in [0.717, 1.165) is 31.7 Å². The third kappa shape index (κ3) is 4.79. The Balaban J connectivity index is 1.49. The van der Waals surface area contributed by atoms with Crippen molar-refractivity contribution in [3.05, 3.63) is 47.3 Å². The highest BCUT2D eigenvalue weighted by molar-refractivity contribution is 5.94. The van der Waals surface area contributed by atoms with Gasteiger partial charge in [-0.3, -0.25) is 9.69 Å². The lowest BCUT2D eigenvalue weighted by atomic mass is 10.1. The maximum atomic E-state index is 13.7. The molecule has 2 aliphatic rings. The van der Waals surface area contributed by atoms with Crippen LogP contribution < -0.4 is 0 Å². The number of piperazine rings is 1. The molecule has 1 aromatic heterocycles. The maximum absolute atomic E-state index is 13.7. The minimum Gasteiger partial charge on any atom is -0.462 e. The van der Waals surface area contributed by atoms with E-state index in [1.807, 2.05) is 0 Å². The van der Waals surface area contributed by atoms with Gasteiger partial charge in [0.2, 0.25) is 0 Å². The minimum atomic E-state index is -4.81. The van der Waals surface area contributed by atoms with Crippen LogP contribution in [-0.4, -0.2) is 70.8 Å². The lowest BCUT2D eigenvalue weighted by molar-refractivity contribution is -0.143. The van der Waals surface area contributed by atoms with Crippen LogP contribution in [0.25, 0.3) is 5.69 Å². The molecule has 32 heavy (non-hydrogen) atoms. The quantitative estimate of drug-likeness (QED) is 0.633. The Kier molecular flexibility index (Phi) is 6.23. The molecule has 2 heterocycles. The number of alkyl halides is 3. The zero-order chi connectivity index (χ0) is 22.9. The van der Waals surface area contributed by atoms with E-state index in [-0.39, 0.29) is 18.2 Å². The number of carbonyl (C=O) groups is 2. The molecule has 172 valence electrons. The SMILES string of the molecule is CCOC(=O)c1cnn(-c2ccc(C(=O)N3CCN(CC4CC4)CC3)cc2)c1C(F)(F)F. The van der Waals surface area contributed by atoms with E-state index in [1.54, 1.807) is 4.90 Å². The number of amides is 1. The molecule has 1 saturated carbocycles. The third-order valence-electron chi connectivity index (χ3n) is 5.76. The van der Waals surface area contributed by atoms with Crippen molar-refractivity contribution in [3.63, 3.8) is 0 Å². The molecule has 1 saturated heterocycles. The molecule has 10 heteroatoms. The summed E-state index contributed by atoms with van der Waals surface area (Å²) in [6.07, 6.45) is -1.38. The number of ether oxygens (including phenoxy) is 1. The highest BCUT2D eigenvalue weighted by Gasteiger charge is 2.41. The van der Waals surface area contributed by atoms with Crippen LogP contribution in [0, 0.1) is 5.92 Å². The van der Waals surface area contributed by atoms with Crippen molar-refractivity contribution in [3.8, 4) is 5.69 Å². The van der Waals surface area contributed by atoms with Gasteiger partial charge in [-0.25, -0.2) is 9.48 Å². The summed E-state index contributed by atoms with van der Waals surface area (Å²) in [6.45, 7) is 5.49. The van der Waals surface area contributed by atoms with Gasteiger partial charge in [0.05, 0.1) is 18.5 Å². The van der Waals surface area contributed by atoms with Crippen LogP contribution in [0.3, 0.4) is 0 Å². The summed E-state index contributed by atoms with van der Waals surface area (Å²) in [6, 6.07) is 5.77. The van der Waals surface area contributed by atoms with Crippen molar-refractivity contribution < 1.29 is 27.5 Å². The molecular formula is C22H25F3N4O3. The van der Waals surface area contributed by atoms with Gasteiger partial charge in [0, 0.05) is 38.3 Å². The number of rotatable bonds is 6. The topological polar surface area (TPSA) is 67.7 Å². The molecule has 1 aromatic carbocycles. The number of halogens is 3. The van der Waals surface area contributed by atoms with Gasteiger partial charge in [-0.1, -0.05) is 0 Å². The molecule has 0 bridgehead atoms. The van der Waals surface area contributed by atoms with E-state index in [9.17, 15) is 22.8 Å². The fourth-order valence-electron chi connectivity index (χ4n) is 3.90. The number of nitrogens with zero attached hydrogens (tertiary/aromatic N) is 4. The normalized spacial score (nSPS) is 17.4. The fourth-order valence-corrected chi connectivity index (χ4v) is 3.90. The second kappa shape index (κ2) is 8.93. The Hall–Kier alpha value is -2.88. The van der Waals surface area contributed by atoms with Gasteiger partial charge in [0.1, 0.15) is 5.56 Å². The van der Waals surface area contributed by atoms with Crippen molar-refractivity contribution in [2.24, 2.45) is 5.92 Å². The summed E-state index contributed by atoms with van der Waals surface area (Å²) < 4.78 is 46.3. The highest BCUT2D eigenvalue weighted by Crippen LogP contribution is 2.34. The zero-order valence-corrected chi connectivity index (χ0v) is 17.8.